The molecule has 4 fully saturated rings. The Morgan fingerprint density at radius 1 is 0.510 bits per heavy atom. The van der Waals surface area contributed by atoms with E-state index in [4.69, 9.17) is 9.47 Å². The van der Waals surface area contributed by atoms with Gasteiger partial charge in [0.05, 0.1) is 0 Å². The molecule has 546 valence electrons. The Hall–Kier alpha value is -9.28. The summed E-state index contributed by atoms with van der Waals surface area (Å²) >= 11 is 0. The van der Waals surface area contributed by atoms with Gasteiger partial charge in [-0.1, -0.05) is 86.4 Å². The normalized spacial score (nSPS) is 21.4. The molecule has 2 aromatic carbocycles. The fourth-order valence-electron chi connectivity index (χ4n) is 12.9. The van der Waals surface area contributed by atoms with Crippen LogP contribution in [0, 0.1) is 35.5 Å². The second-order valence-electron chi connectivity index (χ2n) is 27.6. The standard InChI is InChI=1S/C72H102N12O16/c1-11-51(81(9)69(97)99-71(3,4)5)61(89)79-59-47(43-85)31-33-49-35-37-53(83(49)67(59)95)63(91)77-57(45-25-19-17-20-26-45)65(93)75-41-39-73-55(87)29-23-15-13-14-16-24-30-56(88)74-40-42-76-66(94)58(46-27-21-18-22-28-46)78-64(92)54-38-36-50-34-32-48(44-86)60(68(96)84(50)54)80-62(90)52(12-2)82(10)70(98)100-72(6,7)8/h17-22,25-28,47-54,57-60,85-86H,11-12,23-24,29-44H2,1-10H3,(H,73,87)(H,74,88)(H,75,93)(H,76,94)(H,77,91)(H,78,92)(H,79,89)(H,80,90)/t47-,48-,49+,50+,51+,52+,53+,54+,57+,58+,59+,60+/m1/s1. The molecule has 4 aliphatic heterocycles. The van der Waals surface area contributed by atoms with Crippen molar-refractivity contribution in [3.8, 4) is 23.7 Å². The minimum Gasteiger partial charge on any atom is -0.444 e. The van der Waals surface area contributed by atoms with E-state index in [0.717, 1.165) is 0 Å². The Morgan fingerprint density at radius 2 is 0.850 bits per heavy atom. The highest BCUT2D eigenvalue weighted by Crippen LogP contribution is 2.37. The van der Waals surface area contributed by atoms with Crippen molar-refractivity contribution >= 4 is 71.3 Å². The van der Waals surface area contributed by atoms with Crippen LogP contribution in [-0.4, -0.2) is 214 Å². The zero-order chi connectivity index (χ0) is 73.4. The van der Waals surface area contributed by atoms with E-state index in [1.807, 2.05) is 0 Å². The minimum absolute atomic E-state index is 0.00713. The molecular weight excluding hydrogens is 1290 g/mol. The lowest BCUT2D eigenvalue weighted by atomic mass is 9.93. The van der Waals surface area contributed by atoms with Crippen LogP contribution in [-0.2, 0) is 57.4 Å². The number of amides is 12. The van der Waals surface area contributed by atoms with Crippen molar-refractivity contribution in [2.75, 3.05) is 53.5 Å². The van der Waals surface area contributed by atoms with E-state index in [1.54, 1.807) is 116 Å². The van der Waals surface area contributed by atoms with Gasteiger partial charge in [-0.3, -0.25) is 57.7 Å². The van der Waals surface area contributed by atoms with Gasteiger partial charge in [-0.15, -0.1) is 0 Å². The SMILES string of the molecule is CC[C@@H](C(=O)N[C@@H]1C(=O)N2[C@@H](CC[C@@H]1CO)CC[C@H]2C(=O)N[C@H](C(=O)NCCNC(=O)CCC#CC#CCCC(=O)NCCNC(=O)[C@@H](NC(=O)[C@@H]1CC[C@@H]2CC[C@H](CO)[C@H](NC(=O)[C@H](CC)N(C)C(=O)OC(C)(C)C)C(=O)N21)c1ccccc1)c1ccccc1)N(C)C(=O)OC(C)(C)C. The van der Waals surface area contributed by atoms with E-state index in [1.165, 1.54) is 33.7 Å². The Balaban J connectivity index is 0.915. The van der Waals surface area contributed by atoms with Crippen molar-refractivity contribution in [3.05, 3.63) is 71.8 Å². The molecule has 28 heteroatoms. The first-order chi connectivity index (χ1) is 47.5. The van der Waals surface area contributed by atoms with Gasteiger partial charge in [0.25, 0.3) is 0 Å². The van der Waals surface area contributed by atoms with Crippen LogP contribution in [0.4, 0.5) is 9.59 Å². The summed E-state index contributed by atoms with van der Waals surface area (Å²) in [5.41, 5.74) is -0.708. The predicted octanol–water partition coefficient (Wildman–Crippen LogP) is 2.52. The third-order valence-corrected chi connectivity index (χ3v) is 18.1. The van der Waals surface area contributed by atoms with E-state index in [9.17, 15) is 67.7 Å². The largest absolute Gasteiger partial charge is 0.444 e. The van der Waals surface area contributed by atoms with Crippen molar-refractivity contribution < 1.29 is 77.2 Å². The molecule has 6 rings (SSSR count). The number of hydrogen-bond donors (Lipinski definition) is 10. The first kappa shape index (κ1) is 79.7. The van der Waals surface area contributed by atoms with Crippen molar-refractivity contribution in [1.82, 2.24) is 62.1 Å². The van der Waals surface area contributed by atoms with E-state index < -0.39 is 144 Å². The molecule has 100 heavy (non-hydrogen) atoms. The number of nitrogens with zero attached hydrogens (tertiary/aromatic N) is 4. The average Bonchev–Trinajstić information content (AvgIpc) is 1.63. The van der Waals surface area contributed by atoms with Gasteiger partial charge in [0.1, 0.15) is 59.5 Å². The smallest absolute Gasteiger partial charge is 0.410 e. The number of carbonyl (C=O) groups excluding carboxylic acids is 12. The molecule has 10 N–H and O–H groups in total. The molecule has 0 aromatic heterocycles. The molecule has 28 nitrogen and oxygen atoms in total. The maximum atomic E-state index is 14.5. The number of nitrogens with one attached hydrogen (secondary N) is 8. The van der Waals surface area contributed by atoms with Gasteiger partial charge in [0.15, 0.2) is 0 Å². The highest BCUT2D eigenvalue weighted by molar-refractivity contribution is 5.98. The highest BCUT2D eigenvalue weighted by Gasteiger charge is 2.51. The number of ether oxygens (including phenoxy) is 2. The first-order valence-electron chi connectivity index (χ1n) is 34.7. The number of benzene rings is 2. The maximum Gasteiger partial charge on any atom is 0.410 e. The van der Waals surface area contributed by atoms with Crippen LogP contribution in [0.5, 0.6) is 0 Å². The molecule has 2 aromatic rings. The first-order valence-corrected chi connectivity index (χ1v) is 34.7. The lowest BCUT2D eigenvalue weighted by molar-refractivity contribution is -0.145. The molecule has 12 atom stereocenters. The fourth-order valence-corrected chi connectivity index (χ4v) is 12.9. The van der Waals surface area contributed by atoms with Crippen molar-refractivity contribution in [1.29, 1.82) is 0 Å². The average molecular weight is 1390 g/mol. The molecule has 0 saturated carbocycles. The zero-order valence-corrected chi connectivity index (χ0v) is 59.2. The second-order valence-corrected chi connectivity index (χ2v) is 27.6. The van der Waals surface area contributed by atoms with Crippen LogP contribution < -0.4 is 42.5 Å². The topological polar surface area (TPSA) is 373 Å². The molecule has 12 amide bonds. The van der Waals surface area contributed by atoms with Crippen molar-refractivity contribution in [3.63, 3.8) is 0 Å². The Labute approximate surface area is 586 Å². The van der Waals surface area contributed by atoms with Crippen molar-refractivity contribution in [2.24, 2.45) is 11.8 Å². The Kier molecular flexibility index (Phi) is 30.1. The number of aliphatic hydroxyl groups excluding tert-OH is 2. The second kappa shape index (κ2) is 37.8. The third kappa shape index (κ3) is 22.6. The van der Waals surface area contributed by atoms with Gasteiger partial charge in [0.2, 0.25) is 59.1 Å². The molecule has 0 unspecified atom stereocenters. The van der Waals surface area contributed by atoms with Crippen molar-refractivity contribution in [2.45, 2.75) is 217 Å². The highest BCUT2D eigenvalue weighted by atomic mass is 16.6. The van der Waals surface area contributed by atoms with Gasteiger partial charge < -0.3 is 72.0 Å². The Morgan fingerprint density at radius 3 is 1.18 bits per heavy atom. The minimum atomic E-state index is -1.20. The van der Waals surface area contributed by atoms with Crippen LogP contribution in [0.25, 0.3) is 0 Å². The van der Waals surface area contributed by atoms with Crippen LogP contribution in [0.2, 0.25) is 0 Å². The number of carbonyl (C=O) groups is 12. The maximum absolute atomic E-state index is 14.5. The van der Waals surface area contributed by atoms with Gasteiger partial charge in [-0.2, -0.15) is 0 Å². The Bertz CT molecular complexity index is 3120. The zero-order valence-electron chi connectivity index (χ0n) is 59.2. The molecule has 0 aliphatic carbocycles. The lowest BCUT2D eigenvalue weighted by Crippen LogP contribution is -2.59. The summed E-state index contributed by atoms with van der Waals surface area (Å²) in [6.07, 6.45) is 2.56. The summed E-state index contributed by atoms with van der Waals surface area (Å²) in [4.78, 5) is 169. The van der Waals surface area contributed by atoms with Gasteiger partial charge in [-0.05, 0) is 129 Å². The molecule has 4 aliphatic rings. The summed E-state index contributed by atoms with van der Waals surface area (Å²) in [6, 6.07) is 7.55. The van der Waals surface area contributed by atoms with Crippen LogP contribution in [0.3, 0.4) is 0 Å². The summed E-state index contributed by atoms with van der Waals surface area (Å²) < 4.78 is 10.9. The van der Waals surface area contributed by atoms with E-state index in [-0.39, 0.29) is 101 Å². The van der Waals surface area contributed by atoms with E-state index >= 15 is 0 Å². The number of likely N-dealkylation sites (N-methyl/N-ethyl adjacent to an activating group) is 2. The van der Waals surface area contributed by atoms with Crippen LogP contribution in [0.1, 0.15) is 168 Å². The summed E-state index contributed by atoms with van der Waals surface area (Å²) in [5, 5.41) is 43.2. The van der Waals surface area contributed by atoms with E-state index in [0.29, 0.717) is 49.7 Å². The molecule has 0 spiro atoms. The number of aliphatic hydroxyl groups is 2. The van der Waals surface area contributed by atoms with E-state index in [2.05, 4.69) is 66.2 Å². The van der Waals surface area contributed by atoms with Gasteiger partial charge >= 0.3 is 12.2 Å². The fraction of sp³-hybridized carbons (Fsp3) is 0.611. The summed E-state index contributed by atoms with van der Waals surface area (Å²) in [6.45, 7) is 12.9. The molecule has 0 bridgehead atoms. The molecular formula is C72H102N12O16. The molecule has 4 heterocycles. The number of hydrogen-bond acceptors (Lipinski definition) is 16. The van der Waals surface area contributed by atoms with Crippen LogP contribution in [0.15, 0.2) is 60.7 Å². The molecule has 0 radical (unpaired) electrons. The monoisotopic (exact) mass is 1390 g/mol. The van der Waals surface area contributed by atoms with Gasteiger partial charge in [-0.25, -0.2) is 9.59 Å². The predicted molar refractivity (Wildman–Crippen MR) is 368 cm³/mol. The van der Waals surface area contributed by atoms with Gasteiger partial charge in [0, 0.05) is 103 Å². The van der Waals surface area contributed by atoms with Crippen LogP contribution >= 0.6 is 0 Å². The molecule has 4 saturated heterocycles. The number of rotatable bonds is 28. The quantitative estimate of drug-likeness (QED) is 0.0432. The summed E-state index contributed by atoms with van der Waals surface area (Å²) in [7, 11) is 2.87. The number of fused-ring (bicyclic) bond motifs is 2. The summed E-state index contributed by atoms with van der Waals surface area (Å²) in [5.74, 6) is 4.30. The lowest BCUT2D eigenvalue weighted by Gasteiger charge is -2.34. The third-order valence-electron chi connectivity index (χ3n) is 18.1.